The molecule has 1 aromatic carbocycles. The minimum Gasteiger partial charge on any atom is -0.497 e. The first-order valence-corrected chi connectivity index (χ1v) is 4.98. The number of nitrogens with zero attached hydrogens (tertiary/aromatic N) is 2. The summed E-state index contributed by atoms with van der Waals surface area (Å²) in [6, 6.07) is 6.89. The van der Waals surface area contributed by atoms with Crippen LogP contribution in [-0.4, -0.2) is 32.1 Å². The molecule has 1 amide bonds. The zero-order valence-electron chi connectivity index (χ0n) is 10.1. The van der Waals surface area contributed by atoms with Crippen molar-refractivity contribution in [2.75, 3.05) is 21.3 Å². The maximum atomic E-state index is 11.1. The molecule has 0 spiro atoms. The summed E-state index contributed by atoms with van der Waals surface area (Å²) in [7, 11) is 4.68. The monoisotopic (exact) mass is 234 g/mol. The molecule has 0 aliphatic heterocycles. The van der Waals surface area contributed by atoms with E-state index >= 15 is 0 Å². The fraction of sp³-hybridized carbons (Fsp3) is 0.333. The molecular formula is C12H14N2O3. The first-order valence-electron chi connectivity index (χ1n) is 4.98. The summed E-state index contributed by atoms with van der Waals surface area (Å²) in [5.41, 5.74) is 0.819. The number of rotatable bonds is 4. The number of hydrogen-bond acceptors (Lipinski definition) is 4. The van der Waals surface area contributed by atoms with Crippen molar-refractivity contribution in [2.45, 2.75) is 6.54 Å². The average Bonchev–Trinajstić information content (AvgIpc) is 2.37. The molecule has 90 valence electrons. The van der Waals surface area contributed by atoms with Crippen LogP contribution < -0.4 is 9.47 Å². The Bertz CT molecular complexity index is 452. The molecule has 0 unspecified atom stereocenters. The molecule has 0 atom stereocenters. The number of carbonyl (C=O) groups is 1. The highest BCUT2D eigenvalue weighted by molar-refractivity contribution is 5.90. The highest BCUT2D eigenvalue weighted by Crippen LogP contribution is 2.25. The quantitative estimate of drug-likeness (QED) is 0.734. The van der Waals surface area contributed by atoms with E-state index in [2.05, 4.69) is 0 Å². The van der Waals surface area contributed by atoms with Gasteiger partial charge in [-0.1, -0.05) is 0 Å². The number of benzene rings is 1. The van der Waals surface area contributed by atoms with Crippen molar-refractivity contribution >= 4 is 5.91 Å². The lowest BCUT2D eigenvalue weighted by Crippen LogP contribution is -2.24. The predicted octanol–water partition coefficient (Wildman–Crippen LogP) is 1.19. The van der Waals surface area contributed by atoms with E-state index in [0.29, 0.717) is 18.0 Å². The number of methoxy groups -OCH3 is 2. The molecule has 0 heterocycles. The molecule has 0 aromatic heterocycles. The van der Waals surface area contributed by atoms with E-state index in [1.54, 1.807) is 45.5 Å². The second-order valence-corrected chi connectivity index (χ2v) is 3.45. The molecule has 1 aromatic rings. The Morgan fingerprint density at radius 1 is 1.41 bits per heavy atom. The van der Waals surface area contributed by atoms with E-state index in [1.807, 2.05) is 0 Å². The smallest absolute Gasteiger partial charge is 0.325 e. The molecule has 0 saturated carbocycles. The van der Waals surface area contributed by atoms with Gasteiger partial charge in [-0.05, 0) is 12.1 Å². The maximum absolute atomic E-state index is 11.1. The predicted molar refractivity (Wildman–Crippen MR) is 61.6 cm³/mol. The Morgan fingerprint density at radius 2 is 2.12 bits per heavy atom. The zero-order chi connectivity index (χ0) is 12.8. The average molecular weight is 234 g/mol. The number of amides is 1. The van der Waals surface area contributed by atoms with Gasteiger partial charge in [-0.15, -0.1) is 0 Å². The van der Waals surface area contributed by atoms with Crippen LogP contribution in [0, 0.1) is 11.3 Å². The fourth-order valence-corrected chi connectivity index (χ4v) is 1.40. The molecular weight excluding hydrogens is 220 g/mol. The van der Waals surface area contributed by atoms with Crippen molar-refractivity contribution in [1.82, 2.24) is 4.90 Å². The van der Waals surface area contributed by atoms with Crippen LogP contribution in [-0.2, 0) is 11.3 Å². The molecule has 0 N–H and O–H groups in total. The molecule has 0 aliphatic carbocycles. The largest absolute Gasteiger partial charge is 0.497 e. The van der Waals surface area contributed by atoms with Gasteiger partial charge in [-0.3, -0.25) is 4.79 Å². The van der Waals surface area contributed by atoms with Crippen LogP contribution >= 0.6 is 0 Å². The van der Waals surface area contributed by atoms with Crippen molar-refractivity contribution in [3.63, 3.8) is 0 Å². The molecule has 0 radical (unpaired) electrons. The van der Waals surface area contributed by atoms with E-state index in [1.165, 1.54) is 4.90 Å². The maximum Gasteiger partial charge on any atom is 0.325 e. The summed E-state index contributed by atoms with van der Waals surface area (Å²) < 4.78 is 10.3. The van der Waals surface area contributed by atoms with Crippen molar-refractivity contribution in [3.8, 4) is 17.6 Å². The van der Waals surface area contributed by atoms with Crippen LogP contribution in [0.2, 0.25) is 0 Å². The van der Waals surface area contributed by atoms with Gasteiger partial charge < -0.3 is 14.4 Å². The summed E-state index contributed by atoms with van der Waals surface area (Å²) in [5, 5.41) is 8.50. The molecule has 0 fully saturated rings. The van der Waals surface area contributed by atoms with Gasteiger partial charge in [0.25, 0.3) is 0 Å². The lowest BCUT2D eigenvalue weighted by molar-refractivity contribution is -0.124. The highest BCUT2D eigenvalue weighted by Gasteiger charge is 2.11. The lowest BCUT2D eigenvalue weighted by Gasteiger charge is -2.16. The van der Waals surface area contributed by atoms with Crippen molar-refractivity contribution in [2.24, 2.45) is 0 Å². The number of carbonyl (C=O) groups excluding carboxylic acids is 1. The molecule has 0 saturated heterocycles. The minimum atomic E-state index is -0.581. The van der Waals surface area contributed by atoms with Gasteiger partial charge in [0.1, 0.15) is 11.5 Å². The summed E-state index contributed by atoms with van der Waals surface area (Å²) in [6.07, 6.45) is 0. The summed E-state index contributed by atoms with van der Waals surface area (Å²) in [6.45, 7) is 0.319. The molecule has 5 nitrogen and oxygen atoms in total. The van der Waals surface area contributed by atoms with Gasteiger partial charge in [0.15, 0.2) is 6.07 Å². The second kappa shape index (κ2) is 5.75. The van der Waals surface area contributed by atoms with Crippen LogP contribution in [0.1, 0.15) is 5.56 Å². The van der Waals surface area contributed by atoms with Gasteiger partial charge in [-0.25, -0.2) is 0 Å². The van der Waals surface area contributed by atoms with Crippen LogP contribution in [0.25, 0.3) is 0 Å². The van der Waals surface area contributed by atoms with E-state index in [9.17, 15) is 4.79 Å². The second-order valence-electron chi connectivity index (χ2n) is 3.45. The Labute approximate surface area is 100 Å². The molecule has 17 heavy (non-hydrogen) atoms. The van der Waals surface area contributed by atoms with Crippen molar-refractivity contribution in [3.05, 3.63) is 23.8 Å². The lowest BCUT2D eigenvalue weighted by atomic mass is 10.2. The number of hydrogen-bond donors (Lipinski definition) is 0. The van der Waals surface area contributed by atoms with E-state index in [0.717, 1.165) is 5.56 Å². The Kier molecular flexibility index (Phi) is 4.35. The van der Waals surface area contributed by atoms with Crippen molar-refractivity contribution in [1.29, 1.82) is 5.26 Å². The minimum absolute atomic E-state index is 0.319. The Balaban J connectivity index is 2.91. The zero-order valence-corrected chi connectivity index (χ0v) is 10.1. The van der Waals surface area contributed by atoms with Crippen LogP contribution in [0.15, 0.2) is 18.2 Å². The molecule has 0 bridgehead atoms. The topological polar surface area (TPSA) is 62.6 Å². The Hall–Kier alpha value is -2.22. The van der Waals surface area contributed by atoms with Crippen molar-refractivity contribution < 1.29 is 14.3 Å². The van der Waals surface area contributed by atoms with E-state index in [4.69, 9.17) is 14.7 Å². The van der Waals surface area contributed by atoms with Gasteiger partial charge >= 0.3 is 5.91 Å². The SMILES string of the molecule is COc1ccc(CN(C)C(=O)C#N)c(OC)c1. The third-order valence-corrected chi connectivity index (χ3v) is 2.34. The standard InChI is InChI=1S/C12H14N2O3/c1-14(12(15)7-13)8-9-4-5-10(16-2)6-11(9)17-3/h4-6H,8H2,1-3H3. The first-order chi connectivity index (χ1) is 8.12. The fourth-order valence-electron chi connectivity index (χ4n) is 1.40. The third kappa shape index (κ3) is 3.11. The number of ether oxygens (including phenoxy) is 2. The summed E-state index contributed by atoms with van der Waals surface area (Å²) in [4.78, 5) is 12.5. The van der Waals surface area contributed by atoms with E-state index in [-0.39, 0.29) is 0 Å². The Morgan fingerprint density at radius 3 is 2.65 bits per heavy atom. The number of nitriles is 1. The van der Waals surface area contributed by atoms with Gasteiger partial charge in [-0.2, -0.15) is 5.26 Å². The molecule has 5 heteroatoms. The van der Waals surface area contributed by atoms with Gasteiger partial charge in [0, 0.05) is 25.2 Å². The highest BCUT2D eigenvalue weighted by atomic mass is 16.5. The molecule has 1 rings (SSSR count). The van der Waals surface area contributed by atoms with Gasteiger partial charge in [0.2, 0.25) is 0 Å². The van der Waals surface area contributed by atoms with Gasteiger partial charge in [0.05, 0.1) is 14.2 Å². The van der Waals surface area contributed by atoms with Crippen LogP contribution in [0.3, 0.4) is 0 Å². The summed E-state index contributed by atoms with van der Waals surface area (Å²) >= 11 is 0. The van der Waals surface area contributed by atoms with Crippen LogP contribution in [0.5, 0.6) is 11.5 Å². The summed E-state index contributed by atoms with van der Waals surface area (Å²) in [5.74, 6) is 0.727. The molecule has 0 aliphatic rings. The van der Waals surface area contributed by atoms with E-state index < -0.39 is 5.91 Å². The normalized spacial score (nSPS) is 9.29. The first kappa shape index (κ1) is 12.8. The third-order valence-electron chi connectivity index (χ3n) is 2.34. The van der Waals surface area contributed by atoms with Crippen LogP contribution in [0.4, 0.5) is 0 Å².